The highest BCUT2D eigenvalue weighted by atomic mass is 32.2. The number of alkyl halides is 2. The molecule has 0 radical (unpaired) electrons. The average Bonchev–Trinajstić information content (AvgIpc) is 3.21. The summed E-state index contributed by atoms with van der Waals surface area (Å²) in [6.45, 7) is -2.71. The third-order valence-corrected chi connectivity index (χ3v) is 5.35. The molecule has 30 heavy (non-hydrogen) atoms. The summed E-state index contributed by atoms with van der Waals surface area (Å²) in [6, 6.07) is 12.5. The number of benzene rings is 2. The van der Waals surface area contributed by atoms with E-state index in [1.807, 2.05) is 0 Å². The number of thioether (sulfide) groups is 1. The Kier molecular flexibility index (Phi) is 5.36. The van der Waals surface area contributed by atoms with Crippen molar-refractivity contribution in [1.82, 2.24) is 19.8 Å². The fraction of sp³-hybridized carbons (Fsp3) is 0.158. The Balaban J connectivity index is 1.40. The molecular weight excluding hydrogens is 416 g/mol. The van der Waals surface area contributed by atoms with Crippen LogP contribution in [-0.4, -0.2) is 50.5 Å². The minimum atomic E-state index is -2.90. The summed E-state index contributed by atoms with van der Waals surface area (Å²) < 4.78 is 30.1. The molecule has 8 nitrogen and oxygen atoms in total. The van der Waals surface area contributed by atoms with Gasteiger partial charge in [0.25, 0.3) is 11.8 Å². The third-order valence-electron chi connectivity index (χ3n) is 4.43. The van der Waals surface area contributed by atoms with E-state index >= 15 is 0 Å². The van der Waals surface area contributed by atoms with E-state index in [2.05, 4.69) is 14.9 Å². The molecule has 4 rings (SSSR count). The predicted molar refractivity (Wildman–Crippen MR) is 105 cm³/mol. The van der Waals surface area contributed by atoms with Gasteiger partial charge in [-0.25, -0.2) is 4.68 Å². The number of nitrogen functional groups attached to an aromatic ring is 1. The quantitative estimate of drug-likeness (QED) is 0.348. The van der Waals surface area contributed by atoms with Crippen molar-refractivity contribution in [2.24, 2.45) is 0 Å². The molecule has 11 heteroatoms. The molecule has 0 atom stereocenters. The standard InChI is InChI=1S/C19H15F2N5O3S/c20-18(21)29-12-7-5-11(6-8-12)15-23-24-19(26(15)22)30-10-9-25-16(27)13-3-1-2-4-14(13)17(25)28/h1-8,18H,9-10,22H2. The lowest BCUT2D eigenvalue weighted by molar-refractivity contribution is -0.0498. The molecule has 0 spiro atoms. The molecule has 0 aliphatic carbocycles. The summed E-state index contributed by atoms with van der Waals surface area (Å²) in [7, 11) is 0. The van der Waals surface area contributed by atoms with Crippen LogP contribution in [0.1, 0.15) is 20.7 Å². The minimum absolute atomic E-state index is 0.0207. The van der Waals surface area contributed by atoms with Crippen molar-refractivity contribution in [2.45, 2.75) is 11.8 Å². The number of hydrogen-bond donors (Lipinski definition) is 1. The van der Waals surface area contributed by atoms with E-state index < -0.39 is 6.61 Å². The second kappa shape index (κ2) is 8.11. The van der Waals surface area contributed by atoms with Crippen molar-refractivity contribution in [3.63, 3.8) is 0 Å². The highest BCUT2D eigenvalue weighted by molar-refractivity contribution is 7.99. The lowest BCUT2D eigenvalue weighted by Crippen LogP contribution is -2.32. The molecule has 0 fully saturated rings. The summed E-state index contributed by atoms with van der Waals surface area (Å²) in [6.07, 6.45) is 0. The minimum Gasteiger partial charge on any atom is -0.435 e. The molecule has 2 heterocycles. The molecule has 0 saturated carbocycles. The van der Waals surface area contributed by atoms with E-state index in [1.165, 1.54) is 33.5 Å². The first-order chi connectivity index (χ1) is 14.5. The number of carbonyl (C=O) groups excluding carboxylic acids is 2. The van der Waals surface area contributed by atoms with E-state index in [9.17, 15) is 18.4 Å². The molecule has 3 aromatic rings. The van der Waals surface area contributed by atoms with E-state index in [1.54, 1.807) is 36.4 Å². The van der Waals surface area contributed by atoms with Crippen molar-refractivity contribution in [3.8, 4) is 17.1 Å². The smallest absolute Gasteiger partial charge is 0.387 e. The van der Waals surface area contributed by atoms with Gasteiger partial charge in [0, 0.05) is 17.9 Å². The Bertz CT molecular complexity index is 1070. The monoisotopic (exact) mass is 431 g/mol. The molecule has 2 N–H and O–H groups in total. The van der Waals surface area contributed by atoms with E-state index in [0.29, 0.717) is 33.4 Å². The van der Waals surface area contributed by atoms with Gasteiger partial charge < -0.3 is 10.6 Å². The molecule has 2 aromatic carbocycles. The number of imide groups is 1. The number of rotatable bonds is 7. The summed E-state index contributed by atoms with van der Waals surface area (Å²) >= 11 is 1.24. The van der Waals surface area contributed by atoms with Gasteiger partial charge in [-0.05, 0) is 36.4 Å². The Morgan fingerprint density at radius 2 is 1.63 bits per heavy atom. The van der Waals surface area contributed by atoms with Crippen molar-refractivity contribution >= 4 is 23.6 Å². The SMILES string of the molecule is Nn1c(SCCN2C(=O)c3ccccc3C2=O)nnc1-c1ccc(OC(F)F)cc1. The lowest BCUT2D eigenvalue weighted by Gasteiger charge is -2.13. The van der Waals surface area contributed by atoms with Crippen molar-refractivity contribution < 1.29 is 23.1 Å². The number of nitrogens with zero attached hydrogens (tertiary/aromatic N) is 4. The van der Waals surface area contributed by atoms with Gasteiger partial charge in [0.1, 0.15) is 5.75 Å². The summed E-state index contributed by atoms with van der Waals surface area (Å²) in [4.78, 5) is 26.0. The van der Waals surface area contributed by atoms with Crippen LogP contribution in [0.3, 0.4) is 0 Å². The summed E-state index contributed by atoms with van der Waals surface area (Å²) in [5.41, 5.74) is 1.37. The number of aromatic nitrogens is 3. The predicted octanol–water partition coefficient (Wildman–Crippen LogP) is 2.65. The third kappa shape index (κ3) is 3.71. The van der Waals surface area contributed by atoms with Crippen LogP contribution < -0.4 is 10.6 Å². The highest BCUT2D eigenvalue weighted by Crippen LogP contribution is 2.26. The van der Waals surface area contributed by atoms with Gasteiger partial charge in [-0.3, -0.25) is 14.5 Å². The Hall–Kier alpha value is -3.47. The average molecular weight is 431 g/mol. The van der Waals surface area contributed by atoms with Crippen molar-refractivity contribution in [2.75, 3.05) is 18.1 Å². The first-order valence-corrected chi connectivity index (χ1v) is 9.78. The van der Waals surface area contributed by atoms with Crippen LogP contribution >= 0.6 is 11.8 Å². The molecule has 1 aliphatic heterocycles. The number of amides is 2. The number of halogens is 2. The number of nitrogens with two attached hydrogens (primary N) is 1. The van der Waals surface area contributed by atoms with Gasteiger partial charge in [-0.1, -0.05) is 23.9 Å². The zero-order valence-electron chi connectivity index (χ0n) is 15.4. The van der Waals surface area contributed by atoms with Gasteiger partial charge >= 0.3 is 6.61 Å². The Labute approximate surface area is 173 Å². The molecule has 0 saturated heterocycles. The molecule has 0 bridgehead atoms. The summed E-state index contributed by atoms with van der Waals surface area (Å²) in [5, 5.41) is 8.42. The van der Waals surface area contributed by atoms with Crippen LogP contribution in [0, 0.1) is 0 Å². The number of ether oxygens (including phenoxy) is 1. The van der Waals surface area contributed by atoms with Gasteiger partial charge in [0.15, 0.2) is 5.82 Å². The molecule has 0 unspecified atom stereocenters. The van der Waals surface area contributed by atoms with E-state index in [4.69, 9.17) is 5.84 Å². The maximum Gasteiger partial charge on any atom is 0.387 e. The van der Waals surface area contributed by atoms with Gasteiger partial charge in [-0.2, -0.15) is 8.78 Å². The number of carbonyl (C=O) groups is 2. The molecule has 1 aromatic heterocycles. The van der Waals surface area contributed by atoms with Crippen molar-refractivity contribution in [3.05, 3.63) is 59.7 Å². The van der Waals surface area contributed by atoms with Gasteiger partial charge in [0.05, 0.1) is 11.1 Å². The first kappa shape index (κ1) is 19.8. The molecule has 1 aliphatic rings. The van der Waals surface area contributed by atoms with Crippen LogP contribution in [0.5, 0.6) is 5.75 Å². The van der Waals surface area contributed by atoms with Crippen LogP contribution in [0.15, 0.2) is 53.7 Å². The van der Waals surface area contributed by atoms with Gasteiger partial charge in [0.2, 0.25) is 5.16 Å². The van der Waals surface area contributed by atoms with Gasteiger partial charge in [-0.15, -0.1) is 10.2 Å². The topological polar surface area (TPSA) is 103 Å². The second-order valence-corrected chi connectivity index (χ2v) is 7.30. The zero-order valence-corrected chi connectivity index (χ0v) is 16.2. The fourth-order valence-electron chi connectivity index (χ4n) is 3.03. The second-order valence-electron chi connectivity index (χ2n) is 6.24. The lowest BCUT2D eigenvalue weighted by atomic mass is 10.1. The Morgan fingerprint density at radius 3 is 2.23 bits per heavy atom. The van der Waals surface area contributed by atoms with Crippen LogP contribution in [0.4, 0.5) is 8.78 Å². The molecular formula is C19H15F2N5O3S. The van der Waals surface area contributed by atoms with E-state index in [0.717, 1.165) is 0 Å². The molecule has 2 amide bonds. The Morgan fingerprint density at radius 1 is 1.00 bits per heavy atom. The molecule has 154 valence electrons. The van der Waals surface area contributed by atoms with Crippen LogP contribution in [0.2, 0.25) is 0 Å². The zero-order chi connectivity index (χ0) is 21.3. The van der Waals surface area contributed by atoms with Crippen LogP contribution in [0.25, 0.3) is 11.4 Å². The number of fused-ring (bicyclic) bond motifs is 1. The van der Waals surface area contributed by atoms with Crippen LogP contribution in [-0.2, 0) is 0 Å². The normalized spacial score (nSPS) is 13.2. The fourth-order valence-corrected chi connectivity index (χ4v) is 3.81. The van der Waals surface area contributed by atoms with E-state index in [-0.39, 0.29) is 24.1 Å². The maximum absolute atomic E-state index is 12.4. The highest BCUT2D eigenvalue weighted by Gasteiger charge is 2.34. The largest absolute Gasteiger partial charge is 0.435 e. The maximum atomic E-state index is 12.4. The first-order valence-electron chi connectivity index (χ1n) is 8.79. The van der Waals surface area contributed by atoms with Crippen molar-refractivity contribution in [1.29, 1.82) is 0 Å². The number of hydrogen-bond acceptors (Lipinski definition) is 7. The summed E-state index contributed by atoms with van der Waals surface area (Å²) in [5.74, 6) is 6.13.